The summed E-state index contributed by atoms with van der Waals surface area (Å²) in [5, 5.41) is 0. The predicted molar refractivity (Wildman–Crippen MR) is 89.8 cm³/mol. The number of benzene rings is 1. The zero-order valence-corrected chi connectivity index (χ0v) is 15.0. The fourth-order valence-corrected chi connectivity index (χ4v) is 4.23. The summed E-state index contributed by atoms with van der Waals surface area (Å²) < 4.78 is 63.5. The Labute approximate surface area is 155 Å². The smallest absolute Gasteiger partial charge is 0.342 e. The van der Waals surface area contributed by atoms with Crippen LogP contribution in [-0.2, 0) is 11.3 Å². The minimum Gasteiger partial charge on any atom is -0.342 e. The van der Waals surface area contributed by atoms with Crippen LogP contribution in [0.5, 0.6) is 0 Å². The lowest BCUT2D eigenvalue weighted by molar-refractivity contribution is -0.148. The van der Waals surface area contributed by atoms with Crippen LogP contribution in [0.4, 0.5) is 22.0 Å². The van der Waals surface area contributed by atoms with Gasteiger partial charge in [-0.1, -0.05) is 6.07 Å². The molecule has 1 aromatic rings. The van der Waals surface area contributed by atoms with E-state index in [1.165, 1.54) is 6.07 Å². The molecule has 1 aromatic carbocycles. The van der Waals surface area contributed by atoms with Gasteiger partial charge in [-0.3, -0.25) is 9.69 Å². The normalized spacial score (nSPS) is 24.0. The van der Waals surface area contributed by atoms with Crippen LogP contribution in [0.25, 0.3) is 0 Å². The van der Waals surface area contributed by atoms with Crippen LogP contribution in [0, 0.1) is 17.0 Å². The third kappa shape index (κ3) is 5.18. The van der Waals surface area contributed by atoms with Gasteiger partial charge in [-0.15, -0.1) is 0 Å². The van der Waals surface area contributed by atoms with Gasteiger partial charge in [0.05, 0.1) is 6.42 Å². The highest BCUT2D eigenvalue weighted by molar-refractivity contribution is 5.76. The van der Waals surface area contributed by atoms with E-state index in [1.54, 1.807) is 11.0 Å². The van der Waals surface area contributed by atoms with Gasteiger partial charge in [0.1, 0.15) is 0 Å². The molecule has 1 atom stereocenters. The molecule has 3 rings (SSSR count). The van der Waals surface area contributed by atoms with E-state index in [0.717, 1.165) is 31.9 Å². The number of alkyl halides is 3. The molecule has 3 nitrogen and oxygen atoms in total. The van der Waals surface area contributed by atoms with E-state index in [4.69, 9.17) is 0 Å². The lowest BCUT2D eigenvalue weighted by atomic mass is 9.79. The van der Waals surface area contributed by atoms with Crippen molar-refractivity contribution in [3.63, 3.8) is 0 Å². The molecule has 1 spiro atoms. The lowest BCUT2D eigenvalue weighted by Crippen LogP contribution is -2.45. The van der Waals surface area contributed by atoms with Crippen LogP contribution in [0.2, 0.25) is 0 Å². The fourth-order valence-electron chi connectivity index (χ4n) is 4.23. The van der Waals surface area contributed by atoms with Gasteiger partial charge < -0.3 is 4.90 Å². The Morgan fingerprint density at radius 1 is 1.07 bits per heavy atom. The summed E-state index contributed by atoms with van der Waals surface area (Å²) in [4.78, 5) is 15.8. The van der Waals surface area contributed by atoms with E-state index in [0.29, 0.717) is 31.7 Å². The highest BCUT2D eigenvalue weighted by atomic mass is 19.4. The van der Waals surface area contributed by atoms with Crippen molar-refractivity contribution in [3.05, 3.63) is 35.4 Å². The zero-order valence-electron chi connectivity index (χ0n) is 15.0. The Morgan fingerprint density at radius 2 is 1.85 bits per heavy atom. The van der Waals surface area contributed by atoms with Gasteiger partial charge in [-0.2, -0.15) is 13.2 Å². The molecule has 2 aliphatic heterocycles. The lowest BCUT2D eigenvalue weighted by Gasteiger charge is -2.40. The molecule has 0 N–H and O–H groups in total. The Morgan fingerprint density at radius 3 is 2.56 bits per heavy atom. The van der Waals surface area contributed by atoms with Gasteiger partial charge in [0.25, 0.3) is 0 Å². The predicted octanol–water partition coefficient (Wildman–Crippen LogP) is 4.12. The molecular weight excluding hydrogens is 367 g/mol. The number of carbonyl (C=O) groups excluding carboxylic acids is 1. The number of likely N-dealkylation sites (tertiary alicyclic amines) is 2. The van der Waals surface area contributed by atoms with Crippen molar-refractivity contribution in [1.82, 2.24) is 9.80 Å². The van der Waals surface area contributed by atoms with Gasteiger partial charge in [0, 0.05) is 38.0 Å². The molecule has 0 unspecified atom stereocenters. The molecule has 0 radical (unpaired) electrons. The summed E-state index contributed by atoms with van der Waals surface area (Å²) >= 11 is 0. The van der Waals surface area contributed by atoms with E-state index < -0.39 is 36.6 Å². The van der Waals surface area contributed by atoms with Crippen molar-refractivity contribution in [2.24, 2.45) is 5.41 Å². The molecule has 0 aliphatic carbocycles. The second kappa shape index (κ2) is 7.73. The summed E-state index contributed by atoms with van der Waals surface area (Å²) in [6.45, 7) is 2.96. The van der Waals surface area contributed by atoms with E-state index in [-0.39, 0.29) is 5.41 Å². The second-order valence-electron chi connectivity index (χ2n) is 7.74. The van der Waals surface area contributed by atoms with E-state index in [9.17, 15) is 26.7 Å². The van der Waals surface area contributed by atoms with Crippen LogP contribution in [0.1, 0.15) is 37.7 Å². The van der Waals surface area contributed by atoms with Crippen molar-refractivity contribution in [1.29, 1.82) is 0 Å². The number of hydrogen-bond donors (Lipinski definition) is 0. The second-order valence-corrected chi connectivity index (χ2v) is 7.74. The molecule has 8 heteroatoms. The molecule has 27 heavy (non-hydrogen) atoms. The highest BCUT2D eigenvalue weighted by Crippen LogP contribution is 2.39. The molecule has 150 valence electrons. The van der Waals surface area contributed by atoms with Gasteiger partial charge in [-0.25, -0.2) is 8.78 Å². The first-order valence-corrected chi connectivity index (χ1v) is 9.17. The van der Waals surface area contributed by atoms with Crippen LogP contribution in [0.15, 0.2) is 18.2 Å². The van der Waals surface area contributed by atoms with E-state index in [2.05, 4.69) is 4.90 Å². The first kappa shape index (κ1) is 20.0. The van der Waals surface area contributed by atoms with Crippen LogP contribution >= 0.6 is 0 Å². The summed E-state index contributed by atoms with van der Waals surface area (Å²) in [7, 11) is 0. The maximum absolute atomic E-state index is 13.4. The highest BCUT2D eigenvalue weighted by Gasteiger charge is 2.43. The van der Waals surface area contributed by atoms with Gasteiger partial charge in [0.2, 0.25) is 5.91 Å². The molecule has 2 saturated heterocycles. The van der Waals surface area contributed by atoms with Crippen molar-refractivity contribution in [3.8, 4) is 0 Å². The molecule has 2 aliphatic rings. The molecule has 2 heterocycles. The van der Waals surface area contributed by atoms with Gasteiger partial charge in [-0.05, 0) is 43.5 Å². The van der Waals surface area contributed by atoms with Crippen LogP contribution in [0.3, 0.4) is 0 Å². The molecular formula is C19H23F5N2O. The monoisotopic (exact) mass is 390 g/mol. The van der Waals surface area contributed by atoms with Gasteiger partial charge in [0.15, 0.2) is 11.6 Å². The van der Waals surface area contributed by atoms with Crippen molar-refractivity contribution in [2.75, 3.05) is 26.2 Å². The number of nitrogens with zero attached hydrogens (tertiary/aromatic N) is 2. The quantitative estimate of drug-likeness (QED) is 0.722. The topological polar surface area (TPSA) is 23.6 Å². The number of amides is 1. The van der Waals surface area contributed by atoms with Crippen molar-refractivity contribution in [2.45, 2.75) is 44.8 Å². The Balaban J connectivity index is 1.57. The number of rotatable bonds is 4. The SMILES string of the molecule is O=C(CCC(F)(F)F)N1CC[C@]2(CCCN(Cc3ccc(F)c(F)c3)C2)C1. The standard InChI is InChI=1S/C19H23F5N2O/c20-15-3-2-14(10-16(15)21)11-25-8-1-5-18(12-25)7-9-26(13-18)17(27)4-6-19(22,23)24/h2-3,10H,1,4-9,11-13H2/t18-/m0/s1. The number of carbonyl (C=O) groups is 1. The Kier molecular flexibility index (Phi) is 5.74. The van der Waals surface area contributed by atoms with Crippen LogP contribution in [-0.4, -0.2) is 48.1 Å². The molecule has 0 aromatic heterocycles. The summed E-state index contributed by atoms with van der Waals surface area (Å²) in [5.74, 6) is -2.19. The van der Waals surface area contributed by atoms with Crippen molar-refractivity contribution < 1.29 is 26.7 Å². The van der Waals surface area contributed by atoms with E-state index >= 15 is 0 Å². The zero-order chi connectivity index (χ0) is 19.7. The van der Waals surface area contributed by atoms with E-state index in [1.807, 2.05) is 0 Å². The number of halogens is 5. The number of piperidine rings is 1. The maximum Gasteiger partial charge on any atom is 0.389 e. The average molecular weight is 390 g/mol. The molecule has 1 amide bonds. The number of hydrogen-bond acceptors (Lipinski definition) is 2. The Hall–Kier alpha value is -1.70. The largest absolute Gasteiger partial charge is 0.389 e. The van der Waals surface area contributed by atoms with Crippen molar-refractivity contribution >= 4 is 5.91 Å². The molecule has 0 bridgehead atoms. The first-order chi connectivity index (χ1) is 12.7. The van der Waals surface area contributed by atoms with Gasteiger partial charge >= 0.3 is 6.18 Å². The van der Waals surface area contributed by atoms with Crippen LogP contribution < -0.4 is 0 Å². The summed E-state index contributed by atoms with van der Waals surface area (Å²) in [6, 6.07) is 3.86. The summed E-state index contributed by atoms with van der Waals surface area (Å²) in [6.07, 6.45) is -3.31. The fraction of sp³-hybridized carbons (Fsp3) is 0.632. The minimum atomic E-state index is -4.32. The third-order valence-electron chi connectivity index (χ3n) is 5.54. The third-order valence-corrected chi connectivity index (χ3v) is 5.54. The summed E-state index contributed by atoms with van der Waals surface area (Å²) in [5.41, 5.74) is 0.562. The Bertz CT molecular complexity index is 693. The molecule has 2 fully saturated rings. The molecule has 0 saturated carbocycles. The maximum atomic E-state index is 13.4. The first-order valence-electron chi connectivity index (χ1n) is 9.17. The minimum absolute atomic E-state index is 0.120. The average Bonchev–Trinajstić information content (AvgIpc) is 2.99.